The second kappa shape index (κ2) is 6.91. The van der Waals surface area contributed by atoms with Crippen LogP contribution in [-0.4, -0.2) is 37.6 Å². The zero-order valence-corrected chi connectivity index (χ0v) is 11.2. The van der Waals surface area contributed by atoms with Crippen LogP contribution in [0, 0.1) is 0 Å². The minimum atomic E-state index is -0.292. The van der Waals surface area contributed by atoms with E-state index in [1.54, 1.807) is 24.3 Å². The van der Waals surface area contributed by atoms with E-state index in [4.69, 9.17) is 10.5 Å². The second-order valence-corrected chi connectivity index (χ2v) is 4.79. The predicted octanol–water partition coefficient (Wildman–Crippen LogP) is 0.294. The standard InChI is InChI=1S/C14H19N3O3/c15-11-5-3-10(4-6-11)14(19)16-8-13(18)17-12-2-1-7-20-9-12/h3-6,12H,1-2,7-9,15H2,(H,16,19)(H,17,18). The molecule has 1 heterocycles. The van der Waals surface area contributed by atoms with Crippen molar-refractivity contribution in [1.29, 1.82) is 0 Å². The molecule has 1 aliphatic rings. The summed E-state index contributed by atoms with van der Waals surface area (Å²) in [6.07, 6.45) is 1.86. The quantitative estimate of drug-likeness (QED) is 0.690. The smallest absolute Gasteiger partial charge is 0.251 e. The molecule has 1 atom stereocenters. The number of carbonyl (C=O) groups excluding carboxylic acids is 2. The molecule has 0 saturated carbocycles. The van der Waals surface area contributed by atoms with E-state index in [-0.39, 0.29) is 24.4 Å². The number of anilines is 1. The maximum Gasteiger partial charge on any atom is 0.251 e. The lowest BCUT2D eigenvalue weighted by molar-refractivity contribution is -0.121. The molecule has 1 aliphatic heterocycles. The van der Waals surface area contributed by atoms with Crippen LogP contribution in [0.15, 0.2) is 24.3 Å². The van der Waals surface area contributed by atoms with Crippen molar-refractivity contribution in [3.63, 3.8) is 0 Å². The number of nitrogen functional groups attached to an aromatic ring is 1. The van der Waals surface area contributed by atoms with Crippen molar-refractivity contribution in [1.82, 2.24) is 10.6 Å². The van der Waals surface area contributed by atoms with Gasteiger partial charge in [0.2, 0.25) is 5.91 Å². The van der Waals surface area contributed by atoms with Crippen LogP contribution >= 0.6 is 0 Å². The lowest BCUT2D eigenvalue weighted by Crippen LogP contribution is -2.45. The molecule has 6 nitrogen and oxygen atoms in total. The summed E-state index contributed by atoms with van der Waals surface area (Å²) in [6, 6.07) is 6.59. The van der Waals surface area contributed by atoms with Crippen molar-refractivity contribution in [2.45, 2.75) is 18.9 Å². The fraction of sp³-hybridized carbons (Fsp3) is 0.429. The van der Waals surface area contributed by atoms with Crippen LogP contribution in [0.2, 0.25) is 0 Å². The molecule has 1 aromatic carbocycles. The van der Waals surface area contributed by atoms with E-state index in [1.165, 1.54) is 0 Å². The zero-order valence-electron chi connectivity index (χ0n) is 11.2. The molecule has 0 radical (unpaired) electrons. The second-order valence-electron chi connectivity index (χ2n) is 4.79. The van der Waals surface area contributed by atoms with Gasteiger partial charge < -0.3 is 21.1 Å². The minimum Gasteiger partial charge on any atom is -0.399 e. The van der Waals surface area contributed by atoms with Gasteiger partial charge in [0, 0.05) is 17.9 Å². The van der Waals surface area contributed by atoms with Gasteiger partial charge in [-0.25, -0.2) is 0 Å². The number of ether oxygens (including phenoxy) is 1. The van der Waals surface area contributed by atoms with Crippen LogP contribution < -0.4 is 16.4 Å². The molecule has 1 aromatic rings. The summed E-state index contributed by atoms with van der Waals surface area (Å²) in [5, 5.41) is 5.41. The van der Waals surface area contributed by atoms with Gasteiger partial charge in [0.1, 0.15) is 0 Å². The molecule has 0 aromatic heterocycles. The number of hydrogen-bond acceptors (Lipinski definition) is 4. The molecular formula is C14H19N3O3. The highest BCUT2D eigenvalue weighted by molar-refractivity contribution is 5.96. The fourth-order valence-corrected chi connectivity index (χ4v) is 2.03. The molecule has 0 aliphatic carbocycles. The molecule has 0 bridgehead atoms. The highest BCUT2D eigenvalue weighted by Crippen LogP contribution is 2.06. The Morgan fingerprint density at radius 3 is 2.70 bits per heavy atom. The van der Waals surface area contributed by atoms with Crippen molar-refractivity contribution in [2.75, 3.05) is 25.5 Å². The molecular weight excluding hydrogens is 258 g/mol. The summed E-state index contributed by atoms with van der Waals surface area (Å²) in [5.74, 6) is -0.496. The van der Waals surface area contributed by atoms with Crippen LogP contribution in [-0.2, 0) is 9.53 Å². The number of rotatable bonds is 4. The van der Waals surface area contributed by atoms with Crippen LogP contribution in [0.3, 0.4) is 0 Å². The van der Waals surface area contributed by atoms with E-state index < -0.39 is 0 Å². The third-order valence-corrected chi connectivity index (χ3v) is 3.11. The SMILES string of the molecule is Nc1ccc(C(=O)NCC(=O)NC2CCCOC2)cc1. The molecule has 1 saturated heterocycles. The van der Waals surface area contributed by atoms with Gasteiger partial charge in [0.25, 0.3) is 5.91 Å². The minimum absolute atomic E-state index is 0.0420. The van der Waals surface area contributed by atoms with Crippen molar-refractivity contribution in [2.24, 2.45) is 0 Å². The van der Waals surface area contributed by atoms with Gasteiger partial charge in [-0.2, -0.15) is 0 Å². The summed E-state index contributed by atoms with van der Waals surface area (Å²) in [6.45, 7) is 1.25. The maximum absolute atomic E-state index is 11.8. The highest BCUT2D eigenvalue weighted by Gasteiger charge is 2.16. The maximum atomic E-state index is 11.8. The monoisotopic (exact) mass is 277 g/mol. The lowest BCUT2D eigenvalue weighted by Gasteiger charge is -2.23. The Morgan fingerprint density at radius 2 is 2.05 bits per heavy atom. The van der Waals surface area contributed by atoms with Gasteiger partial charge in [-0.05, 0) is 37.1 Å². The van der Waals surface area contributed by atoms with Gasteiger partial charge in [0.05, 0.1) is 19.2 Å². The normalized spacial score (nSPS) is 18.3. The molecule has 2 amide bonds. The first-order valence-electron chi connectivity index (χ1n) is 6.66. The topological polar surface area (TPSA) is 93.5 Å². The highest BCUT2D eigenvalue weighted by atomic mass is 16.5. The van der Waals surface area contributed by atoms with Crippen LogP contribution in [0.1, 0.15) is 23.2 Å². The van der Waals surface area contributed by atoms with Crippen molar-refractivity contribution in [3.8, 4) is 0 Å². The number of amides is 2. The lowest BCUT2D eigenvalue weighted by atomic mass is 10.1. The summed E-state index contributed by atoms with van der Waals surface area (Å²) < 4.78 is 5.28. The summed E-state index contributed by atoms with van der Waals surface area (Å²) in [5.41, 5.74) is 6.62. The first-order chi connectivity index (χ1) is 9.65. The molecule has 20 heavy (non-hydrogen) atoms. The predicted molar refractivity (Wildman–Crippen MR) is 75.2 cm³/mol. The number of hydrogen-bond donors (Lipinski definition) is 3. The van der Waals surface area contributed by atoms with E-state index in [2.05, 4.69) is 10.6 Å². The molecule has 1 unspecified atom stereocenters. The van der Waals surface area contributed by atoms with Crippen LogP contribution in [0.25, 0.3) is 0 Å². The van der Waals surface area contributed by atoms with Gasteiger partial charge in [0.15, 0.2) is 0 Å². The van der Waals surface area contributed by atoms with E-state index in [0.717, 1.165) is 19.4 Å². The number of nitrogens with two attached hydrogens (primary N) is 1. The average Bonchev–Trinajstić information content (AvgIpc) is 2.46. The largest absolute Gasteiger partial charge is 0.399 e. The molecule has 1 fully saturated rings. The Bertz CT molecular complexity index is 467. The number of benzene rings is 1. The Hall–Kier alpha value is -2.08. The Kier molecular flexibility index (Phi) is 4.95. The van der Waals surface area contributed by atoms with Crippen LogP contribution in [0.5, 0.6) is 0 Å². The first-order valence-corrected chi connectivity index (χ1v) is 6.66. The fourth-order valence-electron chi connectivity index (χ4n) is 2.03. The van der Waals surface area contributed by atoms with Crippen molar-refractivity contribution >= 4 is 17.5 Å². The van der Waals surface area contributed by atoms with Gasteiger partial charge in [-0.1, -0.05) is 0 Å². The van der Waals surface area contributed by atoms with Gasteiger partial charge in [-0.15, -0.1) is 0 Å². The van der Waals surface area contributed by atoms with Crippen LogP contribution in [0.4, 0.5) is 5.69 Å². The molecule has 0 spiro atoms. The molecule has 108 valence electrons. The molecule has 4 N–H and O–H groups in total. The van der Waals surface area contributed by atoms with E-state index in [9.17, 15) is 9.59 Å². The Balaban J connectivity index is 1.75. The van der Waals surface area contributed by atoms with Crippen molar-refractivity contribution < 1.29 is 14.3 Å². The number of nitrogens with one attached hydrogen (secondary N) is 2. The van der Waals surface area contributed by atoms with E-state index in [1.807, 2.05) is 0 Å². The molecule has 6 heteroatoms. The van der Waals surface area contributed by atoms with E-state index in [0.29, 0.717) is 17.9 Å². The third kappa shape index (κ3) is 4.24. The zero-order chi connectivity index (χ0) is 14.4. The summed E-state index contributed by atoms with van der Waals surface area (Å²) in [7, 11) is 0. The molecule has 2 rings (SSSR count). The summed E-state index contributed by atoms with van der Waals surface area (Å²) >= 11 is 0. The number of carbonyl (C=O) groups is 2. The van der Waals surface area contributed by atoms with Gasteiger partial charge in [-0.3, -0.25) is 9.59 Å². The summed E-state index contributed by atoms with van der Waals surface area (Å²) in [4.78, 5) is 23.5. The third-order valence-electron chi connectivity index (χ3n) is 3.11. The van der Waals surface area contributed by atoms with E-state index >= 15 is 0 Å². The Morgan fingerprint density at radius 1 is 1.30 bits per heavy atom. The van der Waals surface area contributed by atoms with Crippen molar-refractivity contribution in [3.05, 3.63) is 29.8 Å². The average molecular weight is 277 g/mol. The first kappa shape index (κ1) is 14.3. The van der Waals surface area contributed by atoms with Gasteiger partial charge >= 0.3 is 0 Å². The Labute approximate surface area is 117 Å².